The van der Waals surface area contributed by atoms with Crippen molar-refractivity contribution < 1.29 is 14.1 Å². The summed E-state index contributed by atoms with van der Waals surface area (Å²) < 4.78 is 15.9. The van der Waals surface area contributed by atoms with Gasteiger partial charge in [0.25, 0.3) is 5.69 Å². The second-order valence-electron chi connectivity index (χ2n) is 7.26. The maximum Gasteiger partial charge on any atom is 0.271 e. The zero-order valence-corrected chi connectivity index (χ0v) is 17.9. The number of aromatic nitrogens is 3. The van der Waals surface area contributed by atoms with E-state index in [-0.39, 0.29) is 17.1 Å². The van der Waals surface area contributed by atoms with Crippen molar-refractivity contribution in [2.75, 3.05) is 29.1 Å². The maximum absolute atomic E-state index is 14.0. The molecule has 0 aliphatic carbocycles. The number of amides is 1. The van der Waals surface area contributed by atoms with Crippen LogP contribution in [0.25, 0.3) is 5.69 Å². The Morgan fingerprint density at radius 1 is 1.12 bits per heavy atom. The number of nitro benzene ring substituents is 1. The Morgan fingerprint density at radius 2 is 1.88 bits per heavy atom. The standard InChI is InChI=1S/C21H21FN6O3S/c22-17-10-9-16(28(30)31)13-18(17)23-19(29)14-32-21-25-24-20(26-11-5-2-6-12-26)27(21)15-7-3-1-4-8-15/h1,3-4,7-10,13H,2,5-6,11-12,14H2,(H,23,29). The van der Waals surface area contributed by atoms with Crippen LogP contribution in [0.15, 0.2) is 53.7 Å². The van der Waals surface area contributed by atoms with Crippen molar-refractivity contribution in [2.24, 2.45) is 0 Å². The third-order valence-corrected chi connectivity index (χ3v) is 5.97. The highest BCUT2D eigenvalue weighted by Crippen LogP contribution is 2.28. The van der Waals surface area contributed by atoms with Gasteiger partial charge < -0.3 is 10.2 Å². The lowest BCUT2D eigenvalue weighted by Crippen LogP contribution is -2.31. The number of thioether (sulfide) groups is 1. The lowest BCUT2D eigenvalue weighted by atomic mass is 10.1. The third-order valence-electron chi connectivity index (χ3n) is 5.04. The van der Waals surface area contributed by atoms with Crippen molar-refractivity contribution in [1.82, 2.24) is 14.8 Å². The predicted molar refractivity (Wildman–Crippen MR) is 120 cm³/mol. The Hall–Kier alpha value is -3.47. The molecule has 0 saturated carbocycles. The summed E-state index contributed by atoms with van der Waals surface area (Å²) in [5.41, 5.74) is 0.346. The first-order chi connectivity index (χ1) is 15.5. The van der Waals surface area contributed by atoms with Crippen LogP contribution < -0.4 is 10.2 Å². The van der Waals surface area contributed by atoms with Gasteiger partial charge in [0.1, 0.15) is 5.82 Å². The van der Waals surface area contributed by atoms with Crippen LogP contribution in [0.1, 0.15) is 19.3 Å². The molecule has 2 heterocycles. The highest BCUT2D eigenvalue weighted by molar-refractivity contribution is 7.99. The molecule has 9 nitrogen and oxygen atoms in total. The number of benzene rings is 2. The minimum atomic E-state index is -0.742. The van der Waals surface area contributed by atoms with Crippen molar-refractivity contribution in [3.8, 4) is 5.69 Å². The molecule has 1 fully saturated rings. The Balaban J connectivity index is 1.52. The van der Waals surface area contributed by atoms with Crippen LogP contribution in [0.2, 0.25) is 0 Å². The lowest BCUT2D eigenvalue weighted by Gasteiger charge is -2.27. The zero-order chi connectivity index (χ0) is 22.5. The summed E-state index contributed by atoms with van der Waals surface area (Å²) in [6.07, 6.45) is 3.36. The molecule has 1 aromatic heterocycles. The number of hydrogen-bond acceptors (Lipinski definition) is 7. The van der Waals surface area contributed by atoms with Crippen molar-refractivity contribution in [1.29, 1.82) is 0 Å². The summed E-state index contributed by atoms with van der Waals surface area (Å²) in [7, 11) is 0. The second-order valence-corrected chi connectivity index (χ2v) is 8.20. The number of para-hydroxylation sites is 1. The molecule has 3 aromatic rings. The molecule has 0 spiro atoms. The highest BCUT2D eigenvalue weighted by Gasteiger charge is 2.22. The molecular weight excluding hydrogens is 435 g/mol. The summed E-state index contributed by atoms with van der Waals surface area (Å²) in [4.78, 5) is 24.9. The largest absolute Gasteiger partial charge is 0.341 e. The summed E-state index contributed by atoms with van der Waals surface area (Å²) in [5.74, 6) is -0.582. The van der Waals surface area contributed by atoms with Gasteiger partial charge in [0.2, 0.25) is 11.9 Å². The Morgan fingerprint density at radius 3 is 2.59 bits per heavy atom. The second kappa shape index (κ2) is 9.77. The van der Waals surface area contributed by atoms with Crippen LogP contribution in [0.4, 0.5) is 21.7 Å². The molecule has 0 unspecified atom stereocenters. The number of piperidine rings is 1. The quantitative estimate of drug-likeness (QED) is 0.325. The molecule has 0 radical (unpaired) electrons. The Labute approximate surface area is 187 Å². The van der Waals surface area contributed by atoms with Crippen LogP contribution in [0.5, 0.6) is 0 Å². The number of hydrogen-bond donors (Lipinski definition) is 1. The Bertz CT molecular complexity index is 1120. The van der Waals surface area contributed by atoms with E-state index < -0.39 is 16.6 Å². The molecule has 11 heteroatoms. The van der Waals surface area contributed by atoms with E-state index in [1.54, 1.807) is 0 Å². The fourth-order valence-corrected chi connectivity index (χ4v) is 4.24. The minimum Gasteiger partial charge on any atom is -0.341 e. The van der Waals surface area contributed by atoms with E-state index >= 15 is 0 Å². The normalized spacial score (nSPS) is 13.7. The van der Waals surface area contributed by atoms with Gasteiger partial charge in [-0.1, -0.05) is 30.0 Å². The van der Waals surface area contributed by atoms with Crippen LogP contribution >= 0.6 is 11.8 Å². The third kappa shape index (κ3) is 4.88. The topological polar surface area (TPSA) is 106 Å². The number of nitro groups is 1. The number of anilines is 2. The average molecular weight is 457 g/mol. The van der Waals surface area contributed by atoms with Crippen LogP contribution in [0, 0.1) is 15.9 Å². The zero-order valence-electron chi connectivity index (χ0n) is 17.1. The molecule has 1 amide bonds. The van der Waals surface area contributed by atoms with Crippen molar-refractivity contribution in [3.63, 3.8) is 0 Å². The molecule has 1 aliphatic heterocycles. The number of non-ortho nitro benzene ring substituents is 1. The van der Waals surface area contributed by atoms with Crippen LogP contribution in [-0.4, -0.2) is 44.4 Å². The molecule has 32 heavy (non-hydrogen) atoms. The highest BCUT2D eigenvalue weighted by atomic mass is 32.2. The van der Waals surface area contributed by atoms with Gasteiger partial charge in [-0.25, -0.2) is 4.39 Å². The number of carbonyl (C=O) groups is 1. The summed E-state index contributed by atoms with van der Waals surface area (Å²) in [6.45, 7) is 1.78. The van der Waals surface area contributed by atoms with Crippen molar-refractivity contribution in [3.05, 3.63) is 64.5 Å². The molecule has 1 N–H and O–H groups in total. The summed E-state index contributed by atoms with van der Waals surface area (Å²) >= 11 is 1.16. The van der Waals surface area contributed by atoms with E-state index in [9.17, 15) is 19.3 Å². The van der Waals surface area contributed by atoms with E-state index in [4.69, 9.17) is 0 Å². The number of rotatable bonds is 7. The number of halogens is 1. The molecule has 4 rings (SSSR count). The van der Waals surface area contributed by atoms with Gasteiger partial charge >= 0.3 is 0 Å². The van der Waals surface area contributed by atoms with Gasteiger partial charge in [-0.15, -0.1) is 10.2 Å². The average Bonchev–Trinajstić information content (AvgIpc) is 3.24. The van der Waals surface area contributed by atoms with Crippen molar-refractivity contribution in [2.45, 2.75) is 24.4 Å². The first-order valence-electron chi connectivity index (χ1n) is 10.2. The molecular formula is C21H21FN6O3S. The predicted octanol–water partition coefficient (Wildman–Crippen LogP) is 4.04. The molecule has 166 valence electrons. The van der Waals surface area contributed by atoms with E-state index in [2.05, 4.69) is 20.4 Å². The molecule has 2 aromatic carbocycles. The van der Waals surface area contributed by atoms with E-state index in [0.29, 0.717) is 5.16 Å². The molecule has 1 aliphatic rings. The van der Waals surface area contributed by atoms with Gasteiger partial charge in [-0.2, -0.15) is 0 Å². The fourth-order valence-electron chi connectivity index (χ4n) is 3.50. The van der Waals surface area contributed by atoms with Crippen LogP contribution in [-0.2, 0) is 4.79 Å². The maximum atomic E-state index is 14.0. The molecule has 1 saturated heterocycles. The fraction of sp³-hybridized carbons (Fsp3) is 0.286. The monoisotopic (exact) mass is 456 g/mol. The minimum absolute atomic E-state index is 0.0624. The lowest BCUT2D eigenvalue weighted by molar-refractivity contribution is -0.384. The Kier molecular flexibility index (Phi) is 6.64. The first-order valence-corrected chi connectivity index (χ1v) is 11.1. The number of nitrogens with zero attached hydrogens (tertiary/aromatic N) is 5. The van der Waals surface area contributed by atoms with E-state index in [1.165, 1.54) is 6.42 Å². The first kappa shape index (κ1) is 21.8. The summed E-state index contributed by atoms with van der Waals surface area (Å²) in [5, 5.41) is 22.5. The van der Waals surface area contributed by atoms with Gasteiger partial charge in [-0.3, -0.25) is 19.5 Å². The van der Waals surface area contributed by atoms with Crippen LogP contribution in [0.3, 0.4) is 0 Å². The van der Waals surface area contributed by atoms with Gasteiger partial charge in [-0.05, 0) is 37.5 Å². The van der Waals surface area contributed by atoms with Gasteiger partial charge in [0, 0.05) is 25.2 Å². The number of carbonyl (C=O) groups excluding carboxylic acids is 1. The molecule has 0 atom stereocenters. The van der Waals surface area contributed by atoms with E-state index in [0.717, 1.165) is 67.5 Å². The summed E-state index contributed by atoms with van der Waals surface area (Å²) in [6, 6.07) is 12.6. The smallest absolute Gasteiger partial charge is 0.271 e. The van der Waals surface area contributed by atoms with Gasteiger partial charge in [0.05, 0.1) is 22.1 Å². The SMILES string of the molecule is O=C(CSc1nnc(N2CCCCC2)n1-c1ccccc1)Nc1cc([N+](=O)[O-])ccc1F. The van der Waals surface area contributed by atoms with Gasteiger partial charge in [0.15, 0.2) is 5.16 Å². The number of nitrogens with one attached hydrogen (secondary N) is 1. The van der Waals surface area contributed by atoms with E-state index in [1.807, 2.05) is 34.9 Å². The van der Waals surface area contributed by atoms with Crippen molar-refractivity contribution >= 4 is 35.0 Å². The molecule has 0 bridgehead atoms.